The standard InChI is InChI=1S/C19H34N4O3S/c1-5-20-19(21-9-7-10-25-13-17-8-6-11-26-17)23(3)12-16-14-27-18(22-16)15(2)24-4/h14-15,17H,5-13H2,1-4H3,(H,20,21). The molecule has 0 amide bonds. The smallest absolute Gasteiger partial charge is 0.194 e. The first kappa shape index (κ1) is 22.1. The van der Waals surface area contributed by atoms with E-state index in [2.05, 4.69) is 27.5 Å². The number of nitrogens with one attached hydrogen (secondary N) is 1. The molecule has 1 aliphatic rings. The number of methoxy groups -OCH3 is 1. The van der Waals surface area contributed by atoms with Crippen LogP contribution in [0.4, 0.5) is 0 Å². The minimum atomic E-state index is 0.0330. The topological polar surface area (TPSA) is 68.2 Å². The number of thiazole rings is 1. The average molecular weight is 399 g/mol. The lowest BCUT2D eigenvalue weighted by atomic mass is 10.2. The summed E-state index contributed by atoms with van der Waals surface area (Å²) in [7, 11) is 3.74. The van der Waals surface area contributed by atoms with Crippen molar-refractivity contribution in [2.75, 3.05) is 47.1 Å². The molecule has 8 heteroatoms. The van der Waals surface area contributed by atoms with Crippen molar-refractivity contribution >= 4 is 17.3 Å². The van der Waals surface area contributed by atoms with Crippen LogP contribution in [0.3, 0.4) is 0 Å². The summed E-state index contributed by atoms with van der Waals surface area (Å²) in [5.41, 5.74) is 1.03. The number of nitrogens with zero attached hydrogens (tertiary/aromatic N) is 3. The highest BCUT2D eigenvalue weighted by Crippen LogP contribution is 2.20. The van der Waals surface area contributed by atoms with E-state index in [0.717, 1.165) is 62.2 Å². The molecule has 2 atom stereocenters. The van der Waals surface area contributed by atoms with Gasteiger partial charge in [0, 0.05) is 45.8 Å². The van der Waals surface area contributed by atoms with Crippen LogP contribution in [0.5, 0.6) is 0 Å². The molecule has 2 rings (SSSR count). The van der Waals surface area contributed by atoms with Crippen LogP contribution in [0.1, 0.15) is 49.9 Å². The van der Waals surface area contributed by atoms with Crippen molar-refractivity contribution in [2.24, 2.45) is 4.99 Å². The van der Waals surface area contributed by atoms with E-state index in [0.29, 0.717) is 19.3 Å². The molecule has 0 aliphatic carbocycles. The van der Waals surface area contributed by atoms with Crippen LogP contribution in [-0.4, -0.2) is 69.0 Å². The van der Waals surface area contributed by atoms with Crippen molar-refractivity contribution in [3.8, 4) is 0 Å². The highest BCUT2D eigenvalue weighted by atomic mass is 32.1. The van der Waals surface area contributed by atoms with Crippen molar-refractivity contribution in [2.45, 2.75) is 51.9 Å². The Morgan fingerprint density at radius 2 is 2.41 bits per heavy atom. The molecular formula is C19H34N4O3S. The third-order valence-corrected chi connectivity index (χ3v) is 5.46. The van der Waals surface area contributed by atoms with Crippen LogP contribution in [-0.2, 0) is 20.8 Å². The van der Waals surface area contributed by atoms with Gasteiger partial charge in [-0.05, 0) is 33.1 Å². The van der Waals surface area contributed by atoms with E-state index in [9.17, 15) is 0 Å². The Hall–Kier alpha value is -1.22. The summed E-state index contributed by atoms with van der Waals surface area (Å²) in [4.78, 5) is 11.5. The average Bonchev–Trinajstić information content (AvgIpc) is 3.35. The summed E-state index contributed by atoms with van der Waals surface area (Å²) in [6.45, 7) is 8.68. The molecule has 2 unspecified atom stereocenters. The zero-order valence-electron chi connectivity index (χ0n) is 17.1. The van der Waals surface area contributed by atoms with Gasteiger partial charge < -0.3 is 24.4 Å². The van der Waals surface area contributed by atoms with Gasteiger partial charge >= 0.3 is 0 Å². The third-order valence-electron chi connectivity index (χ3n) is 4.40. The molecule has 1 fully saturated rings. The van der Waals surface area contributed by atoms with E-state index in [1.807, 2.05) is 14.0 Å². The number of guanidine groups is 1. The predicted octanol–water partition coefficient (Wildman–Crippen LogP) is 2.83. The summed E-state index contributed by atoms with van der Waals surface area (Å²) < 4.78 is 16.6. The largest absolute Gasteiger partial charge is 0.379 e. The lowest BCUT2D eigenvalue weighted by Gasteiger charge is -2.21. The normalized spacial score (nSPS) is 18.7. The molecular weight excluding hydrogens is 364 g/mol. The lowest BCUT2D eigenvalue weighted by Crippen LogP contribution is -2.38. The van der Waals surface area contributed by atoms with Crippen LogP contribution >= 0.6 is 11.3 Å². The second kappa shape index (κ2) is 12.3. The van der Waals surface area contributed by atoms with Crippen LogP contribution in [0.25, 0.3) is 0 Å². The van der Waals surface area contributed by atoms with E-state index < -0.39 is 0 Å². The molecule has 0 saturated carbocycles. The second-order valence-corrected chi connectivity index (χ2v) is 7.60. The molecule has 0 aromatic carbocycles. The maximum absolute atomic E-state index is 5.70. The highest BCUT2D eigenvalue weighted by molar-refractivity contribution is 7.09. The van der Waals surface area contributed by atoms with Crippen LogP contribution in [0, 0.1) is 0 Å². The van der Waals surface area contributed by atoms with Gasteiger partial charge in [-0.15, -0.1) is 11.3 Å². The van der Waals surface area contributed by atoms with Crippen LogP contribution in [0.15, 0.2) is 10.4 Å². The first-order valence-electron chi connectivity index (χ1n) is 9.80. The van der Waals surface area contributed by atoms with E-state index >= 15 is 0 Å². The van der Waals surface area contributed by atoms with Gasteiger partial charge in [0.15, 0.2) is 5.96 Å². The van der Waals surface area contributed by atoms with E-state index in [1.54, 1.807) is 18.4 Å². The summed E-state index contributed by atoms with van der Waals surface area (Å²) in [6, 6.07) is 0. The molecule has 154 valence electrons. The fourth-order valence-corrected chi connectivity index (χ4v) is 3.65. The molecule has 2 heterocycles. The number of aromatic nitrogens is 1. The minimum absolute atomic E-state index is 0.0330. The van der Waals surface area contributed by atoms with Gasteiger partial charge in [0.05, 0.1) is 24.9 Å². The second-order valence-electron chi connectivity index (χ2n) is 6.71. The van der Waals surface area contributed by atoms with Crippen molar-refractivity contribution in [1.29, 1.82) is 0 Å². The van der Waals surface area contributed by atoms with Gasteiger partial charge in [0.2, 0.25) is 0 Å². The summed E-state index contributed by atoms with van der Waals surface area (Å²) in [5, 5.41) is 6.44. The zero-order chi connectivity index (χ0) is 19.5. The highest BCUT2D eigenvalue weighted by Gasteiger charge is 2.15. The zero-order valence-corrected chi connectivity index (χ0v) is 17.9. The number of ether oxygens (including phenoxy) is 3. The quantitative estimate of drug-likeness (QED) is 0.351. The van der Waals surface area contributed by atoms with E-state index in [-0.39, 0.29) is 6.10 Å². The van der Waals surface area contributed by atoms with E-state index in [4.69, 9.17) is 19.2 Å². The number of hydrogen-bond acceptors (Lipinski definition) is 6. The van der Waals surface area contributed by atoms with Crippen molar-refractivity contribution < 1.29 is 14.2 Å². The summed E-state index contributed by atoms with van der Waals surface area (Å²) >= 11 is 1.64. The Kier molecular flexibility index (Phi) is 10.0. The molecule has 0 bridgehead atoms. The third kappa shape index (κ3) is 7.73. The Morgan fingerprint density at radius 1 is 1.56 bits per heavy atom. The molecule has 1 aromatic rings. The SMILES string of the molecule is CCNC(=NCCCOCC1CCCO1)N(C)Cc1csc(C(C)OC)n1. The van der Waals surface area contributed by atoms with Gasteiger partial charge in [-0.3, -0.25) is 4.99 Å². The number of aliphatic imine (C=N–C) groups is 1. The van der Waals surface area contributed by atoms with Crippen molar-refractivity contribution in [1.82, 2.24) is 15.2 Å². The molecule has 1 N–H and O–H groups in total. The number of hydrogen-bond donors (Lipinski definition) is 1. The maximum Gasteiger partial charge on any atom is 0.194 e. The van der Waals surface area contributed by atoms with Crippen LogP contribution in [0.2, 0.25) is 0 Å². The maximum atomic E-state index is 5.70. The minimum Gasteiger partial charge on any atom is -0.379 e. The van der Waals surface area contributed by atoms with Crippen molar-refractivity contribution in [3.63, 3.8) is 0 Å². The fourth-order valence-electron chi connectivity index (χ4n) is 2.81. The molecule has 0 spiro atoms. The first-order valence-corrected chi connectivity index (χ1v) is 10.7. The molecule has 27 heavy (non-hydrogen) atoms. The van der Waals surface area contributed by atoms with Gasteiger partial charge in [0.25, 0.3) is 0 Å². The molecule has 1 aromatic heterocycles. The lowest BCUT2D eigenvalue weighted by molar-refractivity contribution is 0.0170. The van der Waals surface area contributed by atoms with Gasteiger partial charge in [-0.25, -0.2) is 4.98 Å². The van der Waals surface area contributed by atoms with Gasteiger partial charge in [-0.2, -0.15) is 0 Å². The summed E-state index contributed by atoms with van der Waals surface area (Å²) in [6.07, 6.45) is 3.50. The number of rotatable bonds is 11. The van der Waals surface area contributed by atoms with Crippen molar-refractivity contribution in [3.05, 3.63) is 16.1 Å². The molecule has 1 saturated heterocycles. The Morgan fingerprint density at radius 3 is 3.11 bits per heavy atom. The summed E-state index contributed by atoms with van der Waals surface area (Å²) in [5.74, 6) is 0.894. The van der Waals surface area contributed by atoms with Gasteiger partial charge in [0.1, 0.15) is 11.1 Å². The van der Waals surface area contributed by atoms with Gasteiger partial charge in [-0.1, -0.05) is 0 Å². The predicted molar refractivity (Wildman–Crippen MR) is 109 cm³/mol. The van der Waals surface area contributed by atoms with Crippen LogP contribution < -0.4 is 5.32 Å². The van der Waals surface area contributed by atoms with E-state index in [1.165, 1.54) is 0 Å². The Bertz CT molecular complexity index is 561. The first-order chi connectivity index (χ1) is 13.1. The molecule has 7 nitrogen and oxygen atoms in total. The fraction of sp³-hybridized carbons (Fsp3) is 0.789. The Labute approximate surface area is 167 Å². The molecule has 1 aliphatic heterocycles. The monoisotopic (exact) mass is 398 g/mol. The Balaban J connectivity index is 1.74. The molecule has 0 radical (unpaired) electrons.